The number of rotatable bonds is 7. The summed E-state index contributed by atoms with van der Waals surface area (Å²) in [5.74, 6) is -0.963. The molecule has 0 heterocycles. The Morgan fingerprint density at radius 1 is 1.24 bits per heavy atom. The summed E-state index contributed by atoms with van der Waals surface area (Å²) in [4.78, 5) is 15.2. The monoisotopic (exact) mass is 336 g/mol. The van der Waals surface area contributed by atoms with E-state index in [1.165, 1.54) is 6.08 Å². The van der Waals surface area contributed by atoms with Gasteiger partial charge in [0, 0.05) is 6.42 Å². The average molecular weight is 336 g/mol. The number of aliphatic carboxylic acids is 1. The number of carbonyl (C=O) groups is 1. The Morgan fingerprint density at radius 2 is 1.92 bits per heavy atom. The molecule has 0 spiro atoms. The van der Waals surface area contributed by atoms with E-state index in [4.69, 9.17) is 5.11 Å². The van der Waals surface area contributed by atoms with Crippen molar-refractivity contribution in [2.75, 3.05) is 6.54 Å². The Bertz CT molecular complexity index is 665. The molecular weight excluding hydrogens is 310 g/mol. The van der Waals surface area contributed by atoms with Crippen LogP contribution in [0.25, 0.3) is 10.9 Å². The van der Waals surface area contributed by atoms with Gasteiger partial charge in [-0.3, -0.25) is 0 Å². The van der Waals surface area contributed by atoms with E-state index in [9.17, 15) is 4.79 Å². The van der Waals surface area contributed by atoms with Crippen LogP contribution in [0, 0.1) is 6.07 Å². The largest absolute Gasteiger partial charge is 0.478 e. The molecule has 0 aromatic heterocycles. The molecule has 0 aliphatic heterocycles. The predicted octanol–water partition coefficient (Wildman–Crippen LogP) is 5.76. The molecule has 25 heavy (non-hydrogen) atoms. The lowest BCUT2D eigenvalue weighted by Crippen LogP contribution is -1.96. The summed E-state index contributed by atoms with van der Waals surface area (Å²) in [5, 5.41) is 9.13. The van der Waals surface area contributed by atoms with Crippen molar-refractivity contribution in [3.05, 3.63) is 95.9 Å². The topological polar surface area (TPSA) is 41.7 Å². The van der Waals surface area contributed by atoms with Gasteiger partial charge >= 0.3 is 12.0 Å². The highest BCUT2D eigenvalue weighted by Gasteiger charge is 2.00. The van der Waals surface area contributed by atoms with Crippen molar-refractivity contribution in [2.24, 2.45) is 0 Å². The van der Waals surface area contributed by atoms with Gasteiger partial charge in [0.05, 0.1) is 11.6 Å². The standard InChI is InChI=1S/C18H19NO2.C4H6/c1-2-3-14-19-15-8-7-11-17(18(20)21)13-12-16-9-5-4-6-10-16;1-3-4-2/h4-13H,2-3,14H2,1H3;3-4H,1-2H2/p+1. The lowest BCUT2D eigenvalue weighted by molar-refractivity contribution is -0.132. The van der Waals surface area contributed by atoms with Crippen LogP contribution < -0.4 is 0 Å². The molecule has 1 aromatic rings. The first-order chi connectivity index (χ1) is 12.2. The molecule has 130 valence electrons. The van der Waals surface area contributed by atoms with E-state index >= 15 is 0 Å². The van der Waals surface area contributed by atoms with Gasteiger partial charge in [0.1, 0.15) is 0 Å². The second-order valence-electron chi connectivity index (χ2n) is 4.87. The second kappa shape index (κ2) is 15.8. The van der Waals surface area contributed by atoms with Crippen LogP contribution in [0.2, 0.25) is 0 Å². The van der Waals surface area contributed by atoms with E-state index in [-0.39, 0.29) is 5.57 Å². The van der Waals surface area contributed by atoms with Gasteiger partial charge in [-0.2, -0.15) is 0 Å². The van der Waals surface area contributed by atoms with Gasteiger partial charge in [-0.15, -0.1) is 0 Å². The number of hydrogen-bond donors (Lipinski definition) is 1. The van der Waals surface area contributed by atoms with Crippen LogP contribution in [-0.4, -0.2) is 17.6 Å². The summed E-state index contributed by atoms with van der Waals surface area (Å²) in [6.45, 7) is 9.58. The first-order valence-electron chi connectivity index (χ1n) is 8.14. The average Bonchev–Trinajstić information content (AvgIpc) is 2.64. The summed E-state index contributed by atoms with van der Waals surface area (Å²) in [6.07, 6.45) is 13.6. The number of carboxylic acid groups (broad SMARTS) is 1. The number of benzene rings is 1. The van der Waals surface area contributed by atoms with Crippen molar-refractivity contribution >= 4 is 12.0 Å². The third-order valence-corrected chi connectivity index (χ3v) is 2.83. The molecule has 1 aromatic carbocycles. The first kappa shape index (κ1) is 21.9. The van der Waals surface area contributed by atoms with Crippen molar-refractivity contribution in [2.45, 2.75) is 19.8 Å². The van der Waals surface area contributed by atoms with Gasteiger partial charge in [0.15, 0.2) is 0 Å². The molecule has 3 nitrogen and oxygen atoms in total. The van der Waals surface area contributed by atoms with Crippen molar-refractivity contribution in [1.29, 1.82) is 0 Å². The van der Waals surface area contributed by atoms with Crippen LogP contribution in [0.3, 0.4) is 0 Å². The minimum atomic E-state index is -0.963. The summed E-state index contributed by atoms with van der Waals surface area (Å²) in [7, 11) is 0. The van der Waals surface area contributed by atoms with E-state index in [2.05, 4.69) is 31.0 Å². The Kier molecular flexibility index (Phi) is 13.8. The molecule has 0 aliphatic rings. The molecule has 0 fully saturated rings. The number of allylic oxidation sites excluding steroid dienone is 5. The maximum Gasteiger partial charge on any atom is 0.335 e. The SMILES string of the molecule is C=CC=C.CCCC[N+]#CC=CC=C(C=Cc1ccccc1)C(=O)O. The van der Waals surface area contributed by atoms with E-state index in [0.29, 0.717) is 0 Å². The van der Waals surface area contributed by atoms with Crippen LogP contribution in [0.15, 0.2) is 85.5 Å². The lowest BCUT2D eigenvalue weighted by Gasteiger charge is -1.93. The fourth-order valence-corrected chi connectivity index (χ4v) is 1.50. The second-order valence-corrected chi connectivity index (χ2v) is 4.87. The van der Waals surface area contributed by atoms with Gasteiger partial charge in [-0.1, -0.05) is 73.5 Å². The highest BCUT2D eigenvalue weighted by atomic mass is 16.4. The van der Waals surface area contributed by atoms with Crippen LogP contribution in [0.4, 0.5) is 0 Å². The van der Waals surface area contributed by atoms with Crippen LogP contribution in [0.1, 0.15) is 25.3 Å². The molecule has 3 heteroatoms. The fourth-order valence-electron chi connectivity index (χ4n) is 1.50. The molecule has 0 radical (unpaired) electrons. The Hall–Kier alpha value is -3.12. The summed E-state index contributed by atoms with van der Waals surface area (Å²) in [5.41, 5.74) is 1.17. The summed E-state index contributed by atoms with van der Waals surface area (Å²) in [6, 6.07) is 12.3. The highest BCUT2D eigenvalue weighted by Crippen LogP contribution is 2.05. The molecule has 0 unspecified atom stereocenters. The quantitative estimate of drug-likeness (QED) is 0.298. The zero-order valence-corrected chi connectivity index (χ0v) is 14.8. The van der Waals surface area contributed by atoms with Gasteiger partial charge < -0.3 is 5.11 Å². The van der Waals surface area contributed by atoms with Crippen molar-refractivity contribution in [3.63, 3.8) is 0 Å². The van der Waals surface area contributed by atoms with E-state index in [0.717, 1.165) is 24.9 Å². The zero-order valence-electron chi connectivity index (χ0n) is 14.8. The zero-order chi connectivity index (χ0) is 18.8. The van der Waals surface area contributed by atoms with E-state index < -0.39 is 5.97 Å². The van der Waals surface area contributed by atoms with Crippen molar-refractivity contribution < 1.29 is 9.90 Å². The third-order valence-electron chi connectivity index (χ3n) is 2.83. The number of hydrogen-bond acceptors (Lipinski definition) is 1. The highest BCUT2D eigenvalue weighted by molar-refractivity contribution is 5.91. The first-order valence-corrected chi connectivity index (χ1v) is 8.14. The van der Waals surface area contributed by atoms with Crippen molar-refractivity contribution in [3.8, 4) is 6.07 Å². The van der Waals surface area contributed by atoms with Crippen molar-refractivity contribution in [1.82, 2.24) is 0 Å². The Balaban J connectivity index is 0.00000129. The minimum absolute atomic E-state index is 0.213. The van der Waals surface area contributed by atoms with E-state index in [1.54, 1.807) is 36.5 Å². The number of carboxylic acids is 1. The van der Waals surface area contributed by atoms with Gasteiger partial charge in [-0.05, 0) is 30.2 Å². The maximum absolute atomic E-state index is 11.1. The van der Waals surface area contributed by atoms with Crippen LogP contribution in [-0.2, 0) is 4.79 Å². The summed E-state index contributed by atoms with van der Waals surface area (Å²) >= 11 is 0. The maximum atomic E-state index is 11.1. The fraction of sp³-hybridized carbons (Fsp3) is 0.182. The molecule has 1 N–H and O–H groups in total. The smallest absolute Gasteiger partial charge is 0.335 e. The molecule has 1 rings (SSSR count). The van der Waals surface area contributed by atoms with E-state index in [1.807, 2.05) is 30.3 Å². The van der Waals surface area contributed by atoms with Gasteiger partial charge in [0.2, 0.25) is 0 Å². The number of unbranched alkanes of at least 4 members (excludes halogenated alkanes) is 1. The molecule has 0 saturated carbocycles. The molecule has 0 bridgehead atoms. The third kappa shape index (κ3) is 13.1. The van der Waals surface area contributed by atoms with Crippen LogP contribution in [0.5, 0.6) is 0 Å². The lowest BCUT2D eigenvalue weighted by atomic mass is 10.1. The molecule has 0 amide bonds. The number of nitrogens with zero attached hydrogens (tertiary/aromatic N) is 1. The van der Waals surface area contributed by atoms with Gasteiger partial charge in [-0.25, -0.2) is 4.79 Å². The minimum Gasteiger partial charge on any atom is -0.478 e. The normalized spacial score (nSPS) is 10.5. The molecule has 0 aliphatic carbocycles. The molecule has 0 saturated heterocycles. The Morgan fingerprint density at radius 3 is 2.48 bits per heavy atom. The molecule has 0 atom stereocenters. The summed E-state index contributed by atoms with van der Waals surface area (Å²) < 4.78 is 0. The van der Waals surface area contributed by atoms with Crippen LogP contribution >= 0.6 is 0 Å². The molecular formula is C22H26NO2+. The Labute approximate surface area is 150 Å². The van der Waals surface area contributed by atoms with Gasteiger partial charge in [0.25, 0.3) is 6.54 Å². The predicted molar refractivity (Wildman–Crippen MR) is 108 cm³/mol.